The number of hydrogen-bond donors (Lipinski definition) is 2. The van der Waals surface area contributed by atoms with Crippen LogP contribution in [0.25, 0.3) is 0 Å². The normalized spacial score (nSPS) is 12.2. The summed E-state index contributed by atoms with van der Waals surface area (Å²) in [5.74, 6) is 0. The summed E-state index contributed by atoms with van der Waals surface area (Å²) >= 11 is 0. The minimum absolute atomic E-state index is 0.105. The monoisotopic (exact) mass is 270 g/mol. The average Bonchev–Trinajstić information content (AvgIpc) is 2.45. The van der Waals surface area contributed by atoms with Crippen LogP contribution >= 0.6 is 0 Å². The SMILES string of the molecule is COCc1cccc(C(CN)Nc2cccc(C)c2)c1. The Morgan fingerprint density at radius 2 is 1.95 bits per heavy atom. The van der Waals surface area contributed by atoms with Gasteiger partial charge in [0.25, 0.3) is 0 Å². The number of hydrogen-bond acceptors (Lipinski definition) is 3. The van der Waals surface area contributed by atoms with Crippen LogP contribution < -0.4 is 11.1 Å². The lowest BCUT2D eigenvalue weighted by molar-refractivity contribution is 0.185. The standard InChI is InChI=1S/C17H22N2O/c1-13-5-3-8-16(9-13)19-17(11-18)15-7-4-6-14(10-15)12-20-2/h3-10,17,19H,11-12,18H2,1-2H3. The molecule has 0 amide bonds. The van der Waals surface area contributed by atoms with Crippen molar-refractivity contribution in [1.29, 1.82) is 0 Å². The highest BCUT2D eigenvalue weighted by Crippen LogP contribution is 2.20. The molecule has 2 rings (SSSR count). The summed E-state index contributed by atoms with van der Waals surface area (Å²) in [4.78, 5) is 0. The van der Waals surface area contributed by atoms with E-state index in [-0.39, 0.29) is 6.04 Å². The van der Waals surface area contributed by atoms with E-state index in [4.69, 9.17) is 10.5 Å². The van der Waals surface area contributed by atoms with Gasteiger partial charge in [-0.05, 0) is 35.7 Å². The highest BCUT2D eigenvalue weighted by molar-refractivity contribution is 5.48. The first-order valence-electron chi connectivity index (χ1n) is 6.84. The van der Waals surface area contributed by atoms with E-state index in [9.17, 15) is 0 Å². The summed E-state index contributed by atoms with van der Waals surface area (Å²) in [5, 5.41) is 3.49. The Bertz CT molecular complexity index is 554. The minimum atomic E-state index is 0.105. The predicted molar refractivity (Wildman–Crippen MR) is 83.8 cm³/mol. The smallest absolute Gasteiger partial charge is 0.0713 e. The summed E-state index contributed by atoms with van der Waals surface area (Å²) in [5.41, 5.74) is 10.6. The summed E-state index contributed by atoms with van der Waals surface area (Å²) < 4.78 is 5.18. The zero-order chi connectivity index (χ0) is 14.4. The maximum Gasteiger partial charge on any atom is 0.0713 e. The number of nitrogens with one attached hydrogen (secondary N) is 1. The molecule has 0 spiro atoms. The molecule has 0 bridgehead atoms. The van der Waals surface area contributed by atoms with Crippen molar-refractivity contribution in [3.63, 3.8) is 0 Å². The fourth-order valence-corrected chi connectivity index (χ4v) is 2.28. The molecule has 0 aliphatic carbocycles. The van der Waals surface area contributed by atoms with E-state index in [0.29, 0.717) is 13.2 Å². The highest BCUT2D eigenvalue weighted by atomic mass is 16.5. The van der Waals surface area contributed by atoms with Gasteiger partial charge < -0.3 is 15.8 Å². The van der Waals surface area contributed by atoms with Gasteiger partial charge in [-0.3, -0.25) is 0 Å². The third kappa shape index (κ3) is 3.83. The first kappa shape index (κ1) is 14.6. The Hall–Kier alpha value is -1.84. The Labute approximate surface area is 120 Å². The molecule has 0 saturated carbocycles. The van der Waals surface area contributed by atoms with E-state index in [0.717, 1.165) is 11.3 Å². The summed E-state index contributed by atoms with van der Waals surface area (Å²) in [6, 6.07) is 16.8. The average molecular weight is 270 g/mol. The fourth-order valence-electron chi connectivity index (χ4n) is 2.28. The van der Waals surface area contributed by atoms with Gasteiger partial charge in [0, 0.05) is 19.3 Å². The quantitative estimate of drug-likeness (QED) is 0.847. The van der Waals surface area contributed by atoms with Crippen LogP contribution in [0.3, 0.4) is 0 Å². The third-order valence-corrected chi connectivity index (χ3v) is 3.26. The van der Waals surface area contributed by atoms with Crippen molar-refractivity contribution in [3.8, 4) is 0 Å². The predicted octanol–water partition coefficient (Wildman–Crippen LogP) is 3.25. The zero-order valence-corrected chi connectivity index (χ0v) is 12.1. The molecule has 0 aliphatic rings. The first-order chi connectivity index (χ1) is 9.72. The Morgan fingerprint density at radius 3 is 2.65 bits per heavy atom. The topological polar surface area (TPSA) is 47.3 Å². The van der Waals surface area contributed by atoms with E-state index >= 15 is 0 Å². The van der Waals surface area contributed by atoms with Gasteiger partial charge in [-0.2, -0.15) is 0 Å². The number of anilines is 1. The van der Waals surface area contributed by atoms with Crippen molar-refractivity contribution >= 4 is 5.69 Å². The van der Waals surface area contributed by atoms with Gasteiger partial charge in [-0.25, -0.2) is 0 Å². The largest absolute Gasteiger partial charge is 0.380 e. The molecule has 1 atom stereocenters. The molecule has 2 aromatic carbocycles. The number of benzene rings is 2. The van der Waals surface area contributed by atoms with Crippen LogP contribution in [0.4, 0.5) is 5.69 Å². The Balaban J connectivity index is 2.17. The molecule has 106 valence electrons. The molecule has 0 radical (unpaired) electrons. The van der Waals surface area contributed by atoms with Gasteiger partial charge in [0.1, 0.15) is 0 Å². The van der Waals surface area contributed by atoms with Gasteiger partial charge in [0.05, 0.1) is 12.6 Å². The lowest BCUT2D eigenvalue weighted by atomic mass is 10.0. The van der Waals surface area contributed by atoms with Crippen LogP contribution in [-0.4, -0.2) is 13.7 Å². The van der Waals surface area contributed by atoms with Gasteiger partial charge in [0.2, 0.25) is 0 Å². The molecule has 3 heteroatoms. The van der Waals surface area contributed by atoms with Crippen LogP contribution in [0, 0.1) is 6.92 Å². The molecule has 0 fully saturated rings. The molecule has 2 aromatic rings. The molecule has 3 nitrogen and oxygen atoms in total. The molecule has 20 heavy (non-hydrogen) atoms. The van der Waals surface area contributed by atoms with Crippen molar-refractivity contribution in [2.75, 3.05) is 19.0 Å². The number of nitrogens with two attached hydrogens (primary N) is 1. The number of rotatable bonds is 6. The van der Waals surface area contributed by atoms with Crippen molar-refractivity contribution in [3.05, 3.63) is 65.2 Å². The summed E-state index contributed by atoms with van der Waals surface area (Å²) in [6.07, 6.45) is 0. The van der Waals surface area contributed by atoms with Gasteiger partial charge in [0.15, 0.2) is 0 Å². The molecule has 0 aliphatic heterocycles. The first-order valence-corrected chi connectivity index (χ1v) is 6.84. The number of ether oxygens (including phenoxy) is 1. The van der Waals surface area contributed by atoms with Gasteiger partial charge in [-0.15, -0.1) is 0 Å². The van der Waals surface area contributed by atoms with Crippen LogP contribution in [-0.2, 0) is 11.3 Å². The van der Waals surface area contributed by atoms with Crippen LogP contribution in [0.5, 0.6) is 0 Å². The maximum atomic E-state index is 5.92. The Kier molecular flexibility index (Phi) is 5.16. The lowest BCUT2D eigenvalue weighted by Gasteiger charge is -2.19. The van der Waals surface area contributed by atoms with E-state index < -0.39 is 0 Å². The second kappa shape index (κ2) is 7.08. The van der Waals surface area contributed by atoms with Crippen LogP contribution in [0.15, 0.2) is 48.5 Å². The fraction of sp³-hybridized carbons (Fsp3) is 0.294. The maximum absolute atomic E-state index is 5.92. The molecule has 3 N–H and O–H groups in total. The number of aryl methyl sites for hydroxylation is 1. The van der Waals surface area contributed by atoms with E-state index in [1.165, 1.54) is 11.1 Å². The van der Waals surface area contributed by atoms with Gasteiger partial charge >= 0.3 is 0 Å². The molecule has 0 heterocycles. The highest BCUT2D eigenvalue weighted by Gasteiger charge is 2.10. The summed E-state index contributed by atoms with van der Waals surface area (Å²) in [7, 11) is 1.71. The van der Waals surface area contributed by atoms with E-state index in [2.05, 4.69) is 48.6 Å². The van der Waals surface area contributed by atoms with E-state index in [1.807, 2.05) is 12.1 Å². The zero-order valence-electron chi connectivity index (χ0n) is 12.1. The molecular weight excluding hydrogens is 248 g/mol. The van der Waals surface area contributed by atoms with E-state index in [1.54, 1.807) is 7.11 Å². The molecular formula is C17H22N2O. The van der Waals surface area contributed by atoms with Crippen molar-refractivity contribution in [1.82, 2.24) is 0 Å². The van der Waals surface area contributed by atoms with Crippen LogP contribution in [0.2, 0.25) is 0 Å². The second-order valence-corrected chi connectivity index (χ2v) is 4.98. The minimum Gasteiger partial charge on any atom is -0.380 e. The molecule has 0 aromatic heterocycles. The van der Waals surface area contributed by atoms with Crippen molar-refractivity contribution in [2.45, 2.75) is 19.6 Å². The van der Waals surface area contributed by atoms with Crippen molar-refractivity contribution in [2.24, 2.45) is 5.73 Å². The number of methoxy groups -OCH3 is 1. The molecule has 1 unspecified atom stereocenters. The van der Waals surface area contributed by atoms with Crippen molar-refractivity contribution < 1.29 is 4.74 Å². The van der Waals surface area contributed by atoms with Gasteiger partial charge in [-0.1, -0.05) is 36.4 Å². The summed E-state index contributed by atoms with van der Waals surface area (Å²) in [6.45, 7) is 3.25. The Morgan fingerprint density at radius 1 is 1.15 bits per heavy atom. The lowest BCUT2D eigenvalue weighted by Crippen LogP contribution is -2.20. The third-order valence-electron chi connectivity index (χ3n) is 3.26. The molecule has 0 saturated heterocycles. The second-order valence-electron chi connectivity index (χ2n) is 4.98. The van der Waals surface area contributed by atoms with Crippen LogP contribution in [0.1, 0.15) is 22.7 Å².